The van der Waals surface area contributed by atoms with E-state index in [1.165, 1.54) is 19.3 Å². The molecule has 0 spiro atoms. The van der Waals surface area contributed by atoms with Gasteiger partial charge < -0.3 is 10.3 Å². The second kappa shape index (κ2) is 7.68. The van der Waals surface area contributed by atoms with Crippen LogP contribution in [0.2, 0.25) is 5.02 Å². The lowest BCUT2D eigenvalue weighted by Gasteiger charge is -2.11. The van der Waals surface area contributed by atoms with E-state index in [-0.39, 0.29) is 21.5 Å². The maximum absolute atomic E-state index is 13.5. The van der Waals surface area contributed by atoms with E-state index in [2.05, 4.69) is 20.3 Å². The summed E-state index contributed by atoms with van der Waals surface area (Å²) in [7, 11) is -2.83. The standard InChI is InChI=1S/C22H15ClFN5O3S/c1-29-20-13(9-19(21(29)30)33(31,32)15-3-4-17(24)16(23)10-15)11-26-22(28-20)27-14-2-5-18-12(8-14)6-7-25-18/h2-11,25H,1H3,(H,26,27,28). The molecule has 11 heteroatoms. The van der Waals surface area contributed by atoms with E-state index < -0.39 is 26.1 Å². The summed E-state index contributed by atoms with van der Waals surface area (Å²) in [6.07, 6.45) is 3.26. The number of nitrogens with one attached hydrogen (secondary N) is 2. The van der Waals surface area contributed by atoms with E-state index in [9.17, 15) is 17.6 Å². The number of aryl methyl sites for hydroxylation is 1. The van der Waals surface area contributed by atoms with Gasteiger partial charge in [0.05, 0.1) is 9.92 Å². The summed E-state index contributed by atoms with van der Waals surface area (Å²) in [5.74, 6) is -0.514. The van der Waals surface area contributed by atoms with Gasteiger partial charge in [-0.15, -0.1) is 0 Å². The molecule has 0 bridgehead atoms. The maximum atomic E-state index is 13.5. The lowest BCUT2D eigenvalue weighted by atomic mass is 10.2. The monoisotopic (exact) mass is 483 g/mol. The van der Waals surface area contributed by atoms with Crippen LogP contribution in [0.15, 0.2) is 75.5 Å². The molecule has 0 atom stereocenters. The first-order valence-corrected chi connectivity index (χ1v) is 11.5. The summed E-state index contributed by atoms with van der Waals surface area (Å²) in [6.45, 7) is 0. The van der Waals surface area contributed by atoms with E-state index in [0.29, 0.717) is 5.39 Å². The summed E-state index contributed by atoms with van der Waals surface area (Å²) in [5.41, 5.74) is 1.20. The van der Waals surface area contributed by atoms with Crippen molar-refractivity contribution in [3.8, 4) is 0 Å². The fourth-order valence-corrected chi connectivity index (χ4v) is 5.17. The fraction of sp³-hybridized carbons (Fsp3) is 0.0455. The first-order chi connectivity index (χ1) is 15.7. The quantitative estimate of drug-likeness (QED) is 0.371. The molecule has 5 rings (SSSR count). The van der Waals surface area contributed by atoms with Crippen LogP contribution in [0, 0.1) is 5.82 Å². The van der Waals surface area contributed by atoms with Gasteiger partial charge in [-0.1, -0.05) is 11.6 Å². The third-order valence-corrected chi connectivity index (χ3v) is 7.25. The molecule has 0 saturated heterocycles. The van der Waals surface area contributed by atoms with Crippen LogP contribution in [0.25, 0.3) is 21.9 Å². The van der Waals surface area contributed by atoms with E-state index in [4.69, 9.17) is 11.6 Å². The van der Waals surface area contributed by atoms with Gasteiger partial charge in [0.2, 0.25) is 15.8 Å². The number of hydrogen-bond donors (Lipinski definition) is 2. The third kappa shape index (κ3) is 3.62. The smallest absolute Gasteiger partial charge is 0.271 e. The fourth-order valence-electron chi connectivity index (χ4n) is 3.50. The second-order valence-electron chi connectivity index (χ2n) is 7.33. The Bertz CT molecular complexity index is 1730. The number of hydrogen-bond acceptors (Lipinski definition) is 6. The molecule has 3 aromatic heterocycles. The number of halogens is 2. The van der Waals surface area contributed by atoms with Crippen LogP contribution in [0.5, 0.6) is 0 Å². The molecule has 2 aromatic carbocycles. The molecule has 5 aromatic rings. The first-order valence-electron chi connectivity index (χ1n) is 9.65. The van der Waals surface area contributed by atoms with Gasteiger partial charge in [0.1, 0.15) is 16.4 Å². The molecule has 0 unspecified atom stereocenters. The van der Waals surface area contributed by atoms with Crippen molar-refractivity contribution in [1.29, 1.82) is 0 Å². The Morgan fingerprint density at radius 3 is 2.70 bits per heavy atom. The van der Waals surface area contributed by atoms with Crippen molar-refractivity contribution in [2.45, 2.75) is 9.79 Å². The molecule has 0 amide bonds. The molecule has 166 valence electrons. The minimum Gasteiger partial charge on any atom is -0.361 e. The molecule has 0 fully saturated rings. The van der Waals surface area contributed by atoms with Gasteiger partial charge in [-0.2, -0.15) is 4.98 Å². The van der Waals surface area contributed by atoms with Crippen LogP contribution < -0.4 is 10.9 Å². The Morgan fingerprint density at radius 2 is 1.91 bits per heavy atom. The van der Waals surface area contributed by atoms with E-state index in [1.54, 1.807) is 0 Å². The largest absolute Gasteiger partial charge is 0.361 e. The van der Waals surface area contributed by atoms with Crippen LogP contribution >= 0.6 is 11.6 Å². The van der Waals surface area contributed by atoms with Gasteiger partial charge in [0, 0.05) is 41.4 Å². The van der Waals surface area contributed by atoms with Crippen LogP contribution in [-0.2, 0) is 16.9 Å². The third-order valence-electron chi connectivity index (χ3n) is 5.22. The normalized spacial score (nSPS) is 11.8. The van der Waals surface area contributed by atoms with Crippen molar-refractivity contribution < 1.29 is 12.8 Å². The molecule has 3 heterocycles. The second-order valence-corrected chi connectivity index (χ2v) is 9.65. The Hall–Kier alpha value is -3.76. The lowest BCUT2D eigenvalue weighted by Crippen LogP contribution is -2.25. The Labute approximate surface area is 191 Å². The number of pyridine rings is 1. The number of benzene rings is 2. The first kappa shape index (κ1) is 21.1. The van der Waals surface area contributed by atoms with Crippen LogP contribution in [-0.4, -0.2) is 27.9 Å². The summed E-state index contributed by atoms with van der Waals surface area (Å²) in [4.78, 5) is 23.9. The number of rotatable bonds is 4. The van der Waals surface area contributed by atoms with Crippen molar-refractivity contribution in [3.05, 3.63) is 82.1 Å². The number of anilines is 2. The SMILES string of the molecule is Cn1c(=O)c(S(=O)(=O)c2ccc(F)c(Cl)c2)cc2cnc(Nc3ccc4[nH]ccc4c3)nc21. The highest BCUT2D eigenvalue weighted by Crippen LogP contribution is 2.26. The van der Waals surface area contributed by atoms with Crippen molar-refractivity contribution in [3.63, 3.8) is 0 Å². The molecule has 0 aliphatic carbocycles. The van der Waals surface area contributed by atoms with Crippen LogP contribution in [0.4, 0.5) is 16.0 Å². The van der Waals surface area contributed by atoms with Gasteiger partial charge in [-0.3, -0.25) is 9.36 Å². The van der Waals surface area contributed by atoms with Gasteiger partial charge in [-0.25, -0.2) is 17.8 Å². The predicted molar refractivity (Wildman–Crippen MR) is 123 cm³/mol. The predicted octanol–water partition coefficient (Wildman–Crippen LogP) is 4.18. The Balaban J connectivity index is 1.57. The zero-order valence-electron chi connectivity index (χ0n) is 17.0. The minimum atomic E-state index is -4.26. The van der Waals surface area contributed by atoms with Crippen LogP contribution in [0.3, 0.4) is 0 Å². The lowest BCUT2D eigenvalue weighted by molar-refractivity contribution is 0.592. The van der Waals surface area contributed by atoms with Gasteiger partial charge >= 0.3 is 0 Å². The van der Waals surface area contributed by atoms with E-state index in [1.807, 2.05) is 30.5 Å². The average Bonchev–Trinajstić information content (AvgIpc) is 3.26. The van der Waals surface area contributed by atoms with E-state index in [0.717, 1.165) is 39.4 Å². The molecular weight excluding hydrogens is 469 g/mol. The summed E-state index contributed by atoms with van der Waals surface area (Å²) in [6, 6.07) is 11.8. The highest BCUT2D eigenvalue weighted by molar-refractivity contribution is 7.91. The summed E-state index contributed by atoms with van der Waals surface area (Å²) >= 11 is 5.73. The molecule has 8 nitrogen and oxygen atoms in total. The van der Waals surface area contributed by atoms with Crippen molar-refractivity contribution in [2.24, 2.45) is 7.05 Å². The molecule has 0 aliphatic heterocycles. The van der Waals surface area contributed by atoms with Crippen molar-refractivity contribution >= 4 is 55.0 Å². The number of H-pyrrole nitrogens is 1. The minimum absolute atomic E-state index is 0.244. The molecule has 33 heavy (non-hydrogen) atoms. The van der Waals surface area contributed by atoms with Gasteiger partial charge in [-0.05, 0) is 48.5 Å². The van der Waals surface area contributed by atoms with Crippen molar-refractivity contribution in [1.82, 2.24) is 19.5 Å². The van der Waals surface area contributed by atoms with Gasteiger partial charge in [0.15, 0.2) is 0 Å². The molecule has 0 aliphatic rings. The molecule has 0 saturated carbocycles. The Kier molecular flexibility index (Phi) is 4.91. The van der Waals surface area contributed by atoms with Crippen LogP contribution in [0.1, 0.15) is 0 Å². The molecule has 2 N–H and O–H groups in total. The number of aromatic amines is 1. The number of nitrogens with zero attached hydrogens (tertiary/aromatic N) is 3. The molecular formula is C22H15ClFN5O3S. The Morgan fingerprint density at radius 1 is 1.09 bits per heavy atom. The summed E-state index contributed by atoms with van der Waals surface area (Å²) in [5, 5.41) is 4.08. The topological polar surface area (TPSA) is 110 Å². The zero-order chi connectivity index (χ0) is 23.3. The highest BCUT2D eigenvalue weighted by Gasteiger charge is 2.25. The molecule has 0 radical (unpaired) electrons. The van der Waals surface area contributed by atoms with E-state index >= 15 is 0 Å². The summed E-state index contributed by atoms with van der Waals surface area (Å²) < 4.78 is 40.7. The average molecular weight is 484 g/mol. The number of sulfone groups is 1. The zero-order valence-corrected chi connectivity index (χ0v) is 18.6. The highest BCUT2D eigenvalue weighted by atomic mass is 35.5. The number of fused-ring (bicyclic) bond motifs is 2. The van der Waals surface area contributed by atoms with Crippen molar-refractivity contribution in [2.75, 3.05) is 5.32 Å². The number of aromatic nitrogens is 4. The van der Waals surface area contributed by atoms with Gasteiger partial charge in [0.25, 0.3) is 5.56 Å². The maximum Gasteiger partial charge on any atom is 0.271 e.